The van der Waals surface area contributed by atoms with Crippen molar-refractivity contribution in [3.8, 4) is 5.88 Å². The van der Waals surface area contributed by atoms with E-state index in [1.807, 2.05) is 14.0 Å². The minimum absolute atomic E-state index is 0.0502. The summed E-state index contributed by atoms with van der Waals surface area (Å²) in [6.45, 7) is 4.36. The summed E-state index contributed by atoms with van der Waals surface area (Å²) in [5.41, 5.74) is 2.10. The highest BCUT2D eigenvalue weighted by molar-refractivity contribution is 5.68. The summed E-state index contributed by atoms with van der Waals surface area (Å²) in [6, 6.07) is 0. The molecular weight excluding hydrogens is 274 g/mol. The van der Waals surface area contributed by atoms with Crippen LogP contribution in [-0.2, 0) is 23.1 Å². The van der Waals surface area contributed by atoms with E-state index in [1.165, 1.54) is 0 Å². The highest BCUT2D eigenvalue weighted by Crippen LogP contribution is 2.24. The lowest BCUT2D eigenvalue weighted by atomic mass is 10.1. The first-order valence-electron chi connectivity index (χ1n) is 7.13. The molecule has 0 amide bonds. The Hall–Kier alpha value is -1.60. The number of carboxylic acids is 1. The van der Waals surface area contributed by atoms with Gasteiger partial charge in [-0.25, -0.2) is 9.48 Å². The number of aliphatic carboxylic acids is 1. The minimum atomic E-state index is -0.909. The normalized spacial score (nSPS) is 17.1. The fraction of sp³-hybridized carbons (Fsp3) is 0.714. The summed E-state index contributed by atoms with van der Waals surface area (Å²) in [5, 5.41) is 13.0. The van der Waals surface area contributed by atoms with Crippen LogP contribution in [0, 0.1) is 6.92 Å². The second kappa shape index (κ2) is 6.91. The molecule has 0 radical (unpaired) electrons. The van der Waals surface area contributed by atoms with Crippen molar-refractivity contribution in [2.45, 2.75) is 32.4 Å². The molecule has 1 N–H and O–H groups in total. The van der Waals surface area contributed by atoms with Crippen LogP contribution in [0.3, 0.4) is 0 Å². The maximum atomic E-state index is 10.5. The van der Waals surface area contributed by atoms with Gasteiger partial charge in [-0.1, -0.05) is 0 Å². The molecule has 0 saturated carbocycles. The van der Waals surface area contributed by atoms with Gasteiger partial charge in [0.05, 0.1) is 24.5 Å². The van der Waals surface area contributed by atoms with Crippen LogP contribution < -0.4 is 4.74 Å². The van der Waals surface area contributed by atoms with Crippen LogP contribution in [0.4, 0.5) is 0 Å². The molecule has 1 aliphatic rings. The maximum Gasteiger partial charge on any atom is 0.329 e. The second-order valence-corrected chi connectivity index (χ2v) is 5.38. The van der Waals surface area contributed by atoms with Crippen molar-refractivity contribution in [2.24, 2.45) is 7.05 Å². The van der Waals surface area contributed by atoms with E-state index in [9.17, 15) is 4.79 Å². The van der Waals surface area contributed by atoms with E-state index in [-0.39, 0.29) is 12.7 Å². The van der Waals surface area contributed by atoms with Crippen LogP contribution >= 0.6 is 0 Å². The predicted molar refractivity (Wildman–Crippen MR) is 76.4 cm³/mol. The summed E-state index contributed by atoms with van der Waals surface area (Å²) in [4.78, 5) is 12.8. The van der Waals surface area contributed by atoms with Gasteiger partial charge in [-0.2, -0.15) is 5.10 Å². The monoisotopic (exact) mass is 297 g/mol. The zero-order valence-corrected chi connectivity index (χ0v) is 12.8. The van der Waals surface area contributed by atoms with Gasteiger partial charge in [0.1, 0.15) is 6.61 Å². The fourth-order valence-electron chi connectivity index (χ4n) is 2.76. The molecule has 1 aromatic rings. The highest BCUT2D eigenvalue weighted by Gasteiger charge is 2.23. The SMILES string of the molecule is COc1c(CN2CCC(OCC(=O)O)CC2)c(C)nn1C. The molecule has 1 saturated heterocycles. The van der Waals surface area contributed by atoms with E-state index < -0.39 is 5.97 Å². The van der Waals surface area contributed by atoms with Gasteiger partial charge in [0, 0.05) is 26.7 Å². The Morgan fingerprint density at radius 1 is 1.43 bits per heavy atom. The lowest BCUT2D eigenvalue weighted by Crippen LogP contribution is -2.37. The molecular formula is C14H23N3O4. The van der Waals surface area contributed by atoms with Crippen LogP contribution in [0.5, 0.6) is 5.88 Å². The first-order chi connectivity index (χ1) is 10.0. The van der Waals surface area contributed by atoms with E-state index in [4.69, 9.17) is 14.6 Å². The molecule has 21 heavy (non-hydrogen) atoms. The Labute approximate surface area is 124 Å². The van der Waals surface area contributed by atoms with Crippen LogP contribution in [0.2, 0.25) is 0 Å². The van der Waals surface area contributed by atoms with Crippen molar-refractivity contribution in [2.75, 3.05) is 26.8 Å². The van der Waals surface area contributed by atoms with Crippen molar-refractivity contribution >= 4 is 5.97 Å². The number of carbonyl (C=O) groups is 1. The Bertz CT molecular complexity index is 493. The first-order valence-corrected chi connectivity index (χ1v) is 7.13. The average molecular weight is 297 g/mol. The first kappa shape index (κ1) is 15.8. The van der Waals surface area contributed by atoms with Gasteiger partial charge in [0.2, 0.25) is 5.88 Å². The van der Waals surface area contributed by atoms with Crippen molar-refractivity contribution in [3.05, 3.63) is 11.3 Å². The number of carboxylic acid groups (broad SMARTS) is 1. The molecule has 0 aromatic carbocycles. The third kappa shape index (κ3) is 3.95. The fourth-order valence-corrected chi connectivity index (χ4v) is 2.76. The lowest BCUT2D eigenvalue weighted by Gasteiger charge is -2.31. The summed E-state index contributed by atoms with van der Waals surface area (Å²) < 4.78 is 12.5. The van der Waals surface area contributed by atoms with Gasteiger partial charge in [0.25, 0.3) is 0 Å². The largest absolute Gasteiger partial charge is 0.481 e. The quantitative estimate of drug-likeness (QED) is 0.837. The standard InChI is InChI=1S/C14H23N3O4/c1-10-12(14(20-3)16(2)15-10)8-17-6-4-11(5-7-17)21-9-13(18)19/h11H,4-9H2,1-3H3,(H,18,19). The molecule has 1 aliphatic heterocycles. The zero-order chi connectivity index (χ0) is 15.4. The zero-order valence-electron chi connectivity index (χ0n) is 12.8. The molecule has 1 aromatic heterocycles. The molecule has 7 nitrogen and oxygen atoms in total. The van der Waals surface area contributed by atoms with E-state index in [0.29, 0.717) is 0 Å². The summed E-state index contributed by atoms with van der Waals surface area (Å²) >= 11 is 0. The number of piperidine rings is 1. The molecule has 0 unspecified atom stereocenters. The second-order valence-electron chi connectivity index (χ2n) is 5.38. The van der Waals surface area contributed by atoms with Crippen molar-refractivity contribution in [3.63, 3.8) is 0 Å². The van der Waals surface area contributed by atoms with Crippen LogP contribution in [0.25, 0.3) is 0 Å². The van der Waals surface area contributed by atoms with Crippen LogP contribution in [0.1, 0.15) is 24.1 Å². The van der Waals surface area contributed by atoms with Crippen molar-refractivity contribution in [1.29, 1.82) is 0 Å². The third-order valence-electron chi connectivity index (χ3n) is 3.84. The number of methoxy groups -OCH3 is 1. The molecule has 0 atom stereocenters. The molecule has 1 fully saturated rings. The van der Waals surface area contributed by atoms with Crippen molar-refractivity contribution < 1.29 is 19.4 Å². The molecule has 7 heteroatoms. The summed E-state index contributed by atoms with van der Waals surface area (Å²) in [5.74, 6) is -0.107. The summed E-state index contributed by atoms with van der Waals surface area (Å²) in [6.07, 6.45) is 1.76. The molecule has 0 spiro atoms. The highest BCUT2D eigenvalue weighted by atomic mass is 16.5. The smallest absolute Gasteiger partial charge is 0.329 e. The van der Waals surface area contributed by atoms with Gasteiger partial charge < -0.3 is 14.6 Å². The minimum Gasteiger partial charge on any atom is -0.481 e. The summed E-state index contributed by atoms with van der Waals surface area (Å²) in [7, 11) is 3.53. The molecule has 0 bridgehead atoms. The number of nitrogens with zero attached hydrogens (tertiary/aromatic N) is 3. The molecule has 2 heterocycles. The van der Waals surface area contributed by atoms with Gasteiger partial charge in [0.15, 0.2) is 0 Å². The van der Waals surface area contributed by atoms with Crippen LogP contribution in [-0.4, -0.2) is 58.7 Å². The van der Waals surface area contributed by atoms with Gasteiger partial charge in [-0.05, 0) is 19.8 Å². The number of aryl methyl sites for hydroxylation is 2. The van der Waals surface area contributed by atoms with Crippen molar-refractivity contribution in [1.82, 2.24) is 14.7 Å². The number of hydrogen-bond donors (Lipinski definition) is 1. The molecule has 0 aliphatic carbocycles. The van der Waals surface area contributed by atoms with E-state index in [2.05, 4.69) is 10.00 Å². The Morgan fingerprint density at radius 3 is 2.67 bits per heavy atom. The average Bonchev–Trinajstić information content (AvgIpc) is 2.72. The third-order valence-corrected chi connectivity index (χ3v) is 3.84. The van der Waals surface area contributed by atoms with Crippen LogP contribution in [0.15, 0.2) is 0 Å². The molecule has 118 valence electrons. The number of ether oxygens (including phenoxy) is 2. The Morgan fingerprint density at radius 2 is 2.10 bits per heavy atom. The predicted octanol–water partition coefficient (Wildman–Crippen LogP) is 0.803. The van der Waals surface area contributed by atoms with Gasteiger partial charge in [-0.15, -0.1) is 0 Å². The van der Waals surface area contributed by atoms with Gasteiger partial charge >= 0.3 is 5.97 Å². The Balaban J connectivity index is 1.88. The topological polar surface area (TPSA) is 76.8 Å². The van der Waals surface area contributed by atoms with E-state index in [0.717, 1.165) is 49.6 Å². The number of aromatic nitrogens is 2. The number of hydrogen-bond acceptors (Lipinski definition) is 5. The van der Waals surface area contributed by atoms with E-state index >= 15 is 0 Å². The van der Waals surface area contributed by atoms with Gasteiger partial charge in [-0.3, -0.25) is 4.90 Å². The number of rotatable bonds is 6. The Kier molecular flexibility index (Phi) is 5.19. The molecule has 2 rings (SSSR count). The lowest BCUT2D eigenvalue weighted by molar-refractivity contribution is -0.145. The maximum absolute atomic E-state index is 10.5. The number of likely N-dealkylation sites (tertiary alicyclic amines) is 1. The van der Waals surface area contributed by atoms with E-state index in [1.54, 1.807) is 11.8 Å².